The molecule has 0 heterocycles. The van der Waals surface area contributed by atoms with Gasteiger partial charge in [-0.2, -0.15) is 0 Å². The second kappa shape index (κ2) is 5.49. The average molecular weight is 217 g/mol. The summed E-state index contributed by atoms with van der Waals surface area (Å²) in [6, 6.07) is 8.94. The first-order valence-electron chi connectivity index (χ1n) is 6.53. The zero-order valence-corrected chi connectivity index (χ0v) is 10.5. The lowest BCUT2D eigenvalue weighted by Crippen LogP contribution is -2.14. The number of hydrogen-bond acceptors (Lipinski definition) is 1. The number of benzene rings is 1. The maximum Gasteiger partial charge on any atom is 0.0205 e. The molecule has 1 N–H and O–H groups in total. The van der Waals surface area contributed by atoms with E-state index in [0.717, 1.165) is 18.4 Å². The second-order valence-corrected chi connectivity index (χ2v) is 5.19. The quantitative estimate of drug-likeness (QED) is 0.814. The van der Waals surface area contributed by atoms with Gasteiger partial charge in [-0.05, 0) is 42.9 Å². The van der Waals surface area contributed by atoms with Crippen molar-refractivity contribution in [2.75, 3.05) is 7.05 Å². The van der Waals surface area contributed by atoms with Crippen LogP contribution in [0.1, 0.15) is 49.7 Å². The van der Waals surface area contributed by atoms with Crippen molar-refractivity contribution in [2.45, 2.75) is 45.1 Å². The minimum Gasteiger partial charge on any atom is -0.316 e. The molecule has 1 aliphatic rings. The van der Waals surface area contributed by atoms with Crippen molar-refractivity contribution in [1.82, 2.24) is 5.32 Å². The maximum absolute atomic E-state index is 3.27. The van der Waals surface area contributed by atoms with Crippen LogP contribution in [0.4, 0.5) is 0 Å². The summed E-state index contributed by atoms with van der Waals surface area (Å²) >= 11 is 0. The molecule has 1 fully saturated rings. The van der Waals surface area contributed by atoms with Crippen LogP contribution < -0.4 is 5.32 Å². The molecule has 0 saturated heterocycles. The van der Waals surface area contributed by atoms with E-state index in [1.807, 2.05) is 7.05 Å². The highest BCUT2D eigenvalue weighted by atomic mass is 14.8. The molecule has 0 aromatic heterocycles. The van der Waals surface area contributed by atoms with Crippen molar-refractivity contribution in [3.63, 3.8) is 0 Å². The van der Waals surface area contributed by atoms with Crippen molar-refractivity contribution < 1.29 is 0 Å². The first kappa shape index (κ1) is 11.7. The fraction of sp³-hybridized carbons (Fsp3) is 0.600. The van der Waals surface area contributed by atoms with Crippen molar-refractivity contribution in [2.24, 2.45) is 5.92 Å². The summed E-state index contributed by atoms with van der Waals surface area (Å²) in [5.41, 5.74) is 3.08. The molecule has 0 amide bonds. The highest BCUT2D eigenvalue weighted by Gasteiger charge is 2.21. The van der Waals surface area contributed by atoms with Gasteiger partial charge >= 0.3 is 0 Å². The van der Waals surface area contributed by atoms with E-state index in [2.05, 4.69) is 36.5 Å². The van der Waals surface area contributed by atoms with Gasteiger partial charge in [0.2, 0.25) is 0 Å². The Balaban J connectivity index is 2.13. The molecule has 0 radical (unpaired) electrons. The Labute approximate surface area is 99.3 Å². The van der Waals surface area contributed by atoms with Crippen LogP contribution in [-0.2, 0) is 6.54 Å². The number of nitrogens with one attached hydrogen (secondary N) is 1. The van der Waals surface area contributed by atoms with E-state index in [-0.39, 0.29) is 0 Å². The van der Waals surface area contributed by atoms with E-state index >= 15 is 0 Å². The molecule has 1 saturated carbocycles. The smallest absolute Gasteiger partial charge is 0.0205 e. The molecule has 16 heavy (non-hydrogen) atoms. The van der Waals surface area contributed by atoms with Crippen LogP contribution in [0.2, 0.25) is 0 Å². The van der Waals surface area contributed by atoms with Crippen LogP contribution in [0.3, 0.4) is 0 Å². The number of hydrogen-bond donors (Lipinski definition) is 1. The lowest BCUT2D eigenvalue weighted by molar-refractivity contribution is 0.346. The third kappa shape index (κ3) is 2.65. The fourth-order valence-electron chi connectivity index (χ4n) is 2.85. The zero-order chi connectivity index (χ0) is 11.4. The van der Waals surface area contributed by atoms with Gasteiger partial charge < -0.3 is 5.32 Å². The molecular weight excluding hydrogens is 194 g/mol. The van der Waals surface area contributed by atoms with Crippen molar-refractivity contribution >= 4 is 0 Å². The Morgan fingerprint density at radius 2 is 1.81 bits per heavy atom. The van der Waals surface area contributed by atoms with Crippen LogP contribution in [0, 0.1) is 5.92 Å². The first-order valence-corrected chi connectivity index (χ1v) is 6.53. The van der Waals surface area contributed by atoms with Crippen LogP contribution in [0.5, 0.6) is 0 Å². The Bertz CT molecular complexity index is 324. The fourth-order valence-corrected chi connectivity index (χ4v) is 2.85. The van der Waals surface area contributed by atoms with Gasteiger partial charge in [0.1, 0.15) is 0 Å². The van der Waals surface area contributed by atoms with Gasteiger partial charge in [-0.15, -0.1) is 0 Å². The van der Waals surface area contributed by atoms with E-state index < -0.39 is 0 Å². The van der Waals surface area contributed by atoms with Gasteiger partial charge in [0.05, 0.1) is 0 Å². The molecule has 88 valence electrons. The maximum atomic E-state index is 3.27. The molecule has 0 bridgehead atoms. The van der Waals surface area contributed by atoms with Gasteiger partial charge in [0.25, 0.3) is 0 Å². The summed E-state index contributed by atoms with van der Waals surface area (Å²) in [5.74, 6) is 1.74. The molecule has 0 atom stereocenters. The summed E-state index contributed by atoms with van der Waals surface area (Å²) < 4.78 is 0. The predicted molar refractivity (Wildman–Crippen MR) is 69.6 cm³/mol. The summed E-state index contributed by atoms with van der Waals surface area (Å²) in [6.07, 6.45) is 5.56. The molecule has 1 aromatic rings. The zero-order valence-electron chi connectivity index (χ0n) is 10.5. The SMILES string of the molecule is CNCc1ccccc1C1CCC(C)CC1. The third-order valence-electron chi connectivity index (χ3n) is 3.88. The molecule has 1 aromatic carbocycles. The molecule has 2 rings (SSSR count). The topological polar surface area (TPSA) is 12.0 Å². The van der Waals surface area contributed by atoms with Crippen molar-refractivity contribution in [3.05, 3.63) is 35.4 Å². The summed E-state index contributed by atoms with van der Waals surface area (Å²) in [7, 11) is 2.03. The van der Waals surface area contributed by atoms with Crippen molar-refractivity contribution in [1.29, 1.82) is 0 Å². The predicted octanol–water partition coefficient (Wildman–Crippen LogP) is 3.70. The monoisotopic (exact) mass is 217 g/mol. The van der Waals surface area contributed by atoms with Gasteiger partial charge in [0, 0.05) is 6.54 Å². The first-order chi connectivity index (χ1) is 7.81. The van der Waals surface area contributed by atoms with Crippen LogP contribution in [-0.4, -0.2) is 7.05 Å². The largest absolute Gasteiger partial charge is 0.316 e. The minimum atomic E-state index is 0.806. The second-order valence-electron chi connectivity index (χ2n) is 5.19. The number of rotatable bonds is 3. The van der Waals surface area contributed by atoms with Crippen LogP contribution >= 0.6 is 0 Å². The third-order valence-corrected chi connectivity index (χ3v) is 3.88. The Kier molecular flexibility index (Phi) is 4.00. The lowest BCUT2D eigenvalue weighted by Gasteiger charge is -2.28. The highest BCUT2D eigenvalue weighted by molar-refractivity contribution is 5.30. The van der Waals surface area contributed by atoms with E-state index in [1.54, 1.807) is 5.56 Å². The summed E-state index contributed by atoms with van der Waals surface area (Å²) in [5, 5.41) is 3.27. The normalized spacial score (nSPS) is 25.6. The van der Waals surface area contributed by atoms with Gasteiger partial charge in [0.15, 0.2) is 0 Å². The Morgan fingerprint density at radius 3 is 2.50 bits per heavy atom. The molecular formula is C15H23N. The van der Waals surface area contributed by atoms with Crippen molar-refractivity contribution in [3.8, 4) is 0 Å². The minimum absolute atomic E-state index is 0.806. The van der Waals surface area contributed by atoms with Gasteiger partial charge in [-0.1, -0.05) is 44.0 Å². The Hall–Kier alpha value is -0.820. The van der Waals surface area contributed by atoms with E-state index in [1.165, 1.54) is 31.2 Å². The molecule has 0 aliphatic heterocycles. The highest BCUT2D eigenvalue weighted by Crippen LogP contribution is 2.36. The van der Waals surface area contributed by atoms with Crippen LogP contribution in [0.25, 0.3) is 0 Å². The average Bonchev–Trinajstić information content (AvgIpc) is 2.32. The lowest BCUT2D eigenvalue weighted by atomic mass is 9.78. The molecule has 0 unspecified atom stereocenters. The molecule has 1 nitrogen and oxygen atoms in total. The van der Waals surface area contributed by atoms with E-state index in [0.29, 0.717) is 0 Å². The molecule has 1 aliphatic carbocycles. The summed E-state index contributed by atoms with van der Waals surface area (Å²) in [6.45, 7) is 3.39. The van der Waals surface area contributed by atoms with Gasteiger partial charge in [-0.3, -0.25) is 0 Å². The van der Waals surface area contributed by atoms with E-state index in [4.69, 9.17) is 0 Å². The molecule has 1 heteroatoms. The van der Waals surface area contributed by atoms with Crippen LogP contribution in [0.15, 0.2) is 24.3 Å². The van der Waals surface area contributed by atoms with Gasteiger partial charge in [-0.25, -0.2) is 0 Å². The van der Waals surface area contributed by atoms with E-state index in [9.17, 15) is 0 Å². The summed E-state index contributed by atoms with van der Waals surface area (Å²) in [4.78, 5) is 0. The molecule has 0 spiro atoms. The standard InChI is InChI=1S/C15H23N/c1-12-7-9-13(10-8-12)15-6-4-3-5-14(15)11-16-2/h3-6,12-13,16H,7-11H2,1-2H3. The Morgan fingerprint density at radius 1 is 1.12 bits per heavy atom.